The molecule has 4 heteroatoms. The molecule has 3 rings (SSSR count). The van der Waals surface area contributed by atoms with Gasteiger partial charge in [0.05, 0.1) is 18.8 Å². The van der Waals surface area contributed by atoms with Crippen molar-refractivity contribution in [3.8, 4) is 5.75 Å². The van der Waals surface area contributed by atoms with Crippen molar-refractivity contribution in [1.82, 2.24) is 4.98 Å². The first kappa shape index (κ1) is 14.1. The van der Waals surface area contributed by atoms with Gasteiger partial charge in [0.1, 0.15) is 11.3 Å². The Morgan fingerprint density at radius 2 is 2.24 bits per heavy atom. The van der Waals surface area contributed by atoms with Gasteiger partial charge in [-0.25, -0.2) is 0 Å². The first-order chi connectivity index (χ1) is 10.1. The fourth-order valence-corrected chi connectivity index (χ4v) is 2.91. The molecular formula is C17H22N2O2. The van der Waals surface area contributed by atoms with E-state index < -0.39 is 0 Å². The van der Waals surface area contributed by atoms with Crippen LogP contribution in [0.3, 0.4) is 0 Å². The van der Waals surface area contributed by atoms with Gasteiger partial charge in [-0.3, -0.25) is 4.98 Å². The van der Waals surface area contributed by atoms with Crippen LogP contribution in [0.2, 0.25) is 0 Å². The van der Waals surface area contributed by atoms with E-state index in [1.165, 1.54) is 0 Å². The van der Waals surface area contributed by atoms with Crippen molar-refractivity contribution >= 4 is 16.6 Å². The number of methoxy groups -OCH3 is 1. The van der Waals surface area contributed by atoms with E-state index in [1.807, 2.05) is 24.4 Å². The largest absolute Gasteiger partial charge is 0.494 e. The van der Waals surface area contributed by atoms with E-state index in [4.69, 9.17) is 9.47 Å². The maximum atomic E-state index is 6.02. The molecule has 1 fully saturated rings. The maximum Gasteiger partial charge on any atom is 0.145 e. The van der Waals surface area contributed by atoms with E-state index in [9.17, 15) is 0 Å². The van der Waals surface area contributed by atoms with Gasteiger partial charge in [-0.05, 0) is 38.8 Å². The molecule has 0 bridgehead atoms. The highest BCUT2D eigenvalue weighted by molar-refractivity contribution is 5.94. The molecule has 21 heavy (non-hydrogen) atoms. The number of nitrogens with zero attached hydrogens (tertiary/aromatic N) is 1. The van der Waals surface area contributed by atoms with Gasteiger partial charge in [0.15, 0.2) is 0 Å². The Hall–Kier alpha value is -1.81. The van der Waals surface area contributed by atoms with E-state index in [0.29, 0.717) is 0 Å². The number of ether oxygens (including phenoxy) is 2. The van der Waals surface area contributed by atoms with Crippen LogP contribution in [0.4, 0.5) is 5.69 Å². The Kier molecular flexibility index (Phi) is 3.72. The van der Waals surface area contributed by atoms with Gasteiger partial charge in [0, 0.05) is 23.8 Å². The summed E-state index contributed by atoms with van der Waals surface area (Å²) in [5, 5.41) is 4.58. The molecule has 112 valence electrons. The second kappa shape index (κ2) is 5.53. The van der Waals surface area contributed by atoms with Crippen LogP contribution in [0.5, 0.6) is 5.75 Å². The summed E-state index contributed by atoms with van der Waals surface area (Å²) >= 11 is 0. The molecular weight excluding hydrogens is 264 g/mol. The summed E-state index contributed by atoms with van der Waals surface area (Å²) in [5.41, 5.74) is 1.97. The van der Waals surface area contributed by atoms with Crippen LogP contribution in [0.25, 0.3) is 10.9 Å². The minimum Gasteiger partial charge on any atom is -0.494 e. The Bertz CT molecular complexity index is 640. The van der Waals surface area contributed by atoms with Crippen molar-refractivity contribution in [3.63, 3.8) is 0 Å². The molecule has 1 aliphatic rings. The molecule has 2 aromatic rings. The topological polar surface area (TPSA) is 43.4 Å². The molecule has 1 aromatic carbocycles. The standard InChI is InChI=1S/C17H22N2O2/c1-17(2)9-7-12(21-17)11-19-14-8-10-18-16-13(14)5-4-6-15(16)20-3/h4-6,8,10,12H,7,9,11H2,1-3H3,(H,18,19). The lowest BCUT2D eigenvalue weighted by atomic mass is 10.1. The monoisotopic (exact) mass is 286 g/mol. The molecule has 4 nitrogen and oxygen atoms in total. The normalized spacial score (nSPS) is 20.6. The predicted molar refractivity (Wildman–Crippen MR) is 85.0 cm³/mol. The van der Waals surface area contributed by atoms with E-state index in [1.54, 1.807) is 7.11 Å². The SMILES string of the molecule is COc1cccc2c(NCC3CCC(C)(C)O3)ccnc12. The van der Waals surface area contributed by atoms with Gasteiger partial charge >= 0.3 is 0 Å². The summed E-state index contributed by atoms with van der Waals surface area (Å²) in [6.45, 7) is 5.12. The number of anilines is 1. The third kappa shape index (κ3) is 2.95. The molecule has 0 radical (unpaired) electrons. The number of hydrogen-bond donors (Lipinski definition) is 1. The number of pyridine rings is 1. The number of para-hydroxylation sites is 1. The number of rotatable bonds is 4. The summed E-state index contributed by atoms with van der Waals surface area (Å²) in [7, 11) is 1.67. The Labute approximate surface area is 125 Å². The number of hydrogen-bond acceptors (Lipinski definition) is 4. The predicted octanol–water partition coefficient (Wildman–Crippen LogP) is 3.61. The zero-order valence-electron chi connectivity index (χ0n) is 12.8. The lowest BCUT2D eigenvalue weighted by Crippen LogP contribution is -2.24. The molecule has 0 saturated carbocycles. The molecule has 1 atom stereocenters. The highest BCUT2D eigenvalue weighted by Gasteiger charge is 2.31. The highest BCUT2D eigenvalue weighted by atomic mass is 16.5. The van der Waals surface area contributed by atoms with Gasteiger partial charge in [0.25, 0.3) is 0 Å². The van der Waals surface area contributed by atoms with Crippen LogP contribution in [0.15, 0.2) is 30.5 Å². The molecule has 0 aliphatic carbocycles. The number of aromatic nitrogens is 1. The van der Waals surface area contributed by atoms with Crippen LogP contribution in [0, 0.1) is 0 Å². The number of fused-ring (bicyclic) bond motifs is 1. The molecule has 1 aromatic heterocycles. The van der Waals surface area contributed by atoms with Crippen molar-refractivity contribution in [1.29, 1.82) is 0 Å². The second-order valence-electron chi connectivity index (χ2n) is 6.13. The van der Waals surface area contributed by atoms with Crippen LogP contribution < -0.4 is 10.1 Å². The quantitative estimate of drug-likeness (QED) is 0.932. The molecule has 1 N–H and O–H groups in total. The number of nitrogens with one attached hydrogen (secondary N) is 1. The molecule has 0 amide bonds. The fraction of sp³-hybridized carbons (Fsp3) is 0.471. The molecule has 2 heterocycles. The first-order valence-electron chi connectivity index (χ1n) is 7.42. The minimum atomic E-state index is 0.00980. The summed E-state index contributed by atoms with van der Waals surface area (Å²) < 4.78 is 11.4. The van der Waals surface area contributed by atoms with E-state index >= 15 is 0 Å². The highest BCUT2D eigenvalue weighted by Crippen LogP contribution is 2.31. The molecule has 1 unspecified atom stereocenters. The lowest BCUT2D eigenvalue weighted by molar-refractivity contribution is -0.00909. The summed E-state index contributed by atoms with van der Waals surface area (Å²) in [6.07, 6.45) is 4.30. The Morgan fingerprint density at radius 3 is 2.95 bits per heavy atom. The van der Waals surface area contributed by atoms with Crippen molar-refractivity contribution in [2.45, 2.75) is 38.4 Å². The van der Waals surface area contributed by atoms with Gasteiger partial charge < -0.3 is 14.8 Å². The molecule has 1 aliphatic heterocycles. The first-order valence-corrected chi connectivity index (χ1v) is 7.42. The third-order valence-electron chi connectivity index (χ3n) is 4.03. The zero-order chi connectivity index (χ0) is 14.9. The van der Waals surface area contributed by atoms with Crippen LogP contribution in [0.1, 0.15) is 26.7 Å². The van der Waals surface area contributed by atoms with Crippen molar-refractivity contribution < 1.29 is 9.47 Å². The van der Waals surface area contributed by atoms with Gasteiger partial charge in [-0.15, -0.1) is 0 Å². The lowest BCUT2D eigenvalue weighted by Gasteiger charge is -2.20. The third-order valence-corrected chi connectivity index (χ3v) is 4.03. The average Bonchev–Trinajstić information content (AvgIpc) is 2.83. The van der Waals surface area contributed by atoms with Crippen LogP contribution in [-0.2, 0) is 4.74 Å². The minimum absolute atomic E-state index is 0.00980. The Balaban J connectivity index is 1.78. The van der Waals surface area contributed by atoms with Crippen molar-refractivity contribution in [2.24, 2.45) is 0 Å². The van der Waals surface area contributed by atoms with Crippen molar-refractivity contribution in [3.05, 3.63) is 30.5 Å². The van der Waals surface area contributed by atoms with E-state index in [-0.39, 0.29) is 11.7 Å². The average molecular weight is 286 g/mol. The number of benzene rings is 1. The maximum absolute atomic E-state index is 6.02. The van der Waals surface area contributed by atoms with Crippen LogP contribution >= 0.6 is 0 Å². The summed E-state index contributed by atoms with van der Waals surface area (Å²) in [6, 6.07) is 7.99. The fourth-order valence-electron chi connectivity index (χ4n) is 2.91. The summed E-state index contributed by atoms with van der Waals surface area (Å²) in [4.78, 5) is 4.42. The molecule has 1 saturated heterocycles. The smallest absolute Gasteiger partial charge is 0.145 e. The van der Waals surface area contributed by atoms with E-state index in [0.717, 1.165) is 41.7 Å². The van der Waals surface area contributed by atoms with Gasteiger partial charge in [-0.2, -0.15) is 0 Å². The molecule has 0 spiro atoms. The zero-order valence-corrected chi connectivity index (χ0v) is 12.8. The second-order valence-corrected chi connectivity index (χ2v) is 6.13. The summed E-state index contributed by atoms with van der Waals surface area (Å²) in [5.74, 6) is 0.800. The van der Waals surface area contributed by atoms with Crippen molar-refractivity contribution in [2.75, 3.05) is 19.0 Å². The van der Waals surface area contributed by atoms with E-state index in [2.05, 4.69) is 30.2 Å². The van der Waals surface area contributed by atoms with Gasteiger partial charge in [-0.1, -0.05) is 12.1 Å². The van der Waals surface area contributed by atoms with Gasteiger partial charge in [0.2, 0.25) is 0 Å². The van der Waals surface area contributed by atoms with Crippen LogP contribution in [-0.4, -0.2) is 30.3 Å². The Morgan fingerprint density at radius 1 is 1.38 bits per heavy atom.